The van der Waals surface area contributed by atoms with Crippen LogP contribution in [-0.4, -0.2) is 17.2 Å². The minimum atomic E-state index is -0.430. The van der Waals surface area contributed by atoms with E-state index >= 15 is 0 Å². The van der Waals surface area contributed by atoms with Gasteiger partial charge in [-0.3, -0.25) is 0 Å². The number of aliphatic hydroxyl groups is 1. The third-order valence-corrected chi connectivity index (χ3v) is 2.73. The van der Waals surface area contributed by atoms with Crippen LogP contribution in [0.5, 0.6) is 5.88 Å². The molecule has 78 valence electrons. The number of methoxy groups -OCH3 is 1. The SMILES string of the molecule is CCC(O)c1cc(I)nc(OC)c1C. The second-order valence-corrected chi connectivity index (χ2v) is 4.20. The van der Waals surface area contributed by atoms with Crippen molar-refractivity contribution < 1.29 is 9.84 Å². The molecule has 0 aliphatic rings. The van der Waals surface area contributed by atoms with Gasteiger partial charge in [0.1, 0.15) is 3.70 Å². The zero-order valence-corrected chi connectivity index (χ0v) is 10.7. The highest BCUT2D eigenvalue weighted by Gasteiger charge is 2.13. The predicted octanol–water partition coefficient (Wildman–Crippen LogP) is 2.45. The van der Waals surface area contributed by atoms with Crippen LogP contribution >= 0.6 is 22.6 Å². The number of hydrogen-bond acceptors (Lipinski definition) is 3. The molecular weight excluding hydrogens is 293 g/mol. The first-order valence-electron chi connectivity index (χ1n) is 4.49. The van der Waals surface area contributed by atoms with Crippen LogP contribution in [0.3, 0.4) is 0 Å². The molecule has 0 aliphatic heterocycles. The van der Waals surface area contributed by atoms with Crippen LogP contribution in [0.4, 0.5) is 0 Å². The second kappa shape index (κ2) is 4.93. The van der Waals surface area contributed by atoms with E-state index in [4.69, 9.17) is 4.74 Å². The molecule has 1 unspecified atom stereocenters. The van der Waals surface area contributed by atoms with Gasteiger partial charge in [0.25, 0.3) is 0 Å². The summed E-state index contributed by atoms with van der Waals surface area (Å²) in [5.41, 5.74) is 1.83. The van der Waals surface area contributed by atoms with E-state index in [2.05, 4.69) is 27.6 Å². The number of halogens is 1. The molecule has 4 heteroatoms. The highest BCUT2D eigenvalue weighted by molar-refractivity contribution is 14.1. The minimum Gasteiger partial charge on any atom is -0.481 e. The fourth-order valence-corrected chi connectivity index (χ4v) is 1.89. The first-order chi connectivity index (χ1) is 6.60. The van der Waals surface area contributed by atoms with Crippen LogP contribution in [0.25, 0.3) is 0 Å². The number of aliphatic hydroxyl groups excluding tert-OH is 1. The van der Waals surface area contributed by atoms with Crippen molar-refractivity contribution in [3.8, 4) is 5.88 Å². The Hall–Kier alpha value is -0.360. The van der Waals surface area contributed by atoms with E-state index in [-0.39, 0.29) is 0 Å². The average Bonchev–Trinajstić information content (AvgIpc) is 2.19. The van der Waals surface area contributed by atoms with Crippen molar-refractivity contribution in [1.82, 2.24) is 4.98 Å². The third kappa shape index (κ3) is 2.36. The number of rotatable bonds is 3. The van der Waals surface area contributed by atoms with Crippen LogP contribution in [0, 0.1) is 10.6 Å². The summed E-state index contributed by atoms with van der Waals surface area (Å²) in [5.74, 6) is 0.597. The monoisotopic (exact) mass is 307 g/mol. The molecule has 0 radical (unpaired) electrons. The lowest BCUT2D eigenvalue weighted by Gasteiger charge is -2.14. The van der Waals surface area contributed by atoms with Gasteiger partial charge in [-0.1, -0.05) is 6.92 Å². The molecule has 0 saturated heterocycles. The highest BCUT2D eigenvalue weighted by Crippen LogP contribution is 2.27. The molecule has 0 saturated carbocycles. The van der Waals surface area contributed by atoms with Gasteiger partial charge in [-0.2, -0.15) is 0 Å². The number of hydrogen-bond donors (Lipinski definition) is 1. The van der Waals surface area contributed by atoms with Crippen molar-refractivity contribution in [3.63, 3.8) is 0 Å². The summed E-state index contributed by atoms with van der Waals surface area (Å²) < 4.78 is 5.97. The van der Waals surface area contributed by atoms with Gasteiger partial charge in [0, 0.05) is 5.56 Å². The number of aromatic nitrogens is 1. The molecule has 1 heterocycles. The van der Waals surface area contributed by atoms with Crippen LogP contribution in [0.15, 0.2) is 6.07 Å². The smallest absolute Gasteiger partial charge is 0.217 e. The molecule has 0 aromatic carbocycles. The van der Waals surface area contributed by atoms with Gasteiger partial charge in [-0.15, -0.1) is 0 Å². The summed E-state index contributed by atoms with van der Waals surface area (Å²) >= 11 is 2.12. The Labute approximate surface area is 97.6 Å². The van der Waals surface area contributed by atoms with Crippen LogP contribution in [-0.2, 0) is 0 Å². The largest absolute Gasteiger partial charge is 0.481 e. The number of pyridine rings is 1. The van der Waals surface area contributed by atoms with Crippen molar-refractivity contribution in [2.24, 2.45) is 0 Å². The van der Waals surface area contributed by atoms with Gasteiger partial charge in [-0.25, -0.2) is 4.98 Å². The fourth-order valence-electron chi connectivity index (χ4n) is 1.34. The van der Waals surface area contributed by atoms with Crippen molar-refractivity contribution in [2.45, 2.75) is 26.4 Å². The minimum absolute atomic E-state index is 0.430. The maximum absolute atomic E-state index is 9.77. The Morgan fingerprint density at radius 3 is 2.79 bits per heavy atom. The summed E-state index contributed by atoms with van der Waals surface area (Å²) in [6.07, 6.45) is 0.268. The fraction of sp³-hybridized carbons (Fsp3) is 0.500. The molecule has 0 amide bonds. The number of ether oxygens (including phenoxy) is 1. The molecule has 0 fully saturated rings. The molecule has 1 N–H and O–H groups in total. The maximum atomic E-state index is 9.77. The summed E-state index contributed by atoms with van der Waals surface area (Å²) in [6.45, 7) is 3.86. The third-order valence-electron chi connectivity index (χ3n) is 2.18. The molecule has 0 bridgehead atoms. The zero-order valence-electron chi connectivity index (χ0n) is 8.54. The molecule has 1 atom stereocenters. The van der Waals surface area contributed by atoms with Gasteiger partial charge in [-0.05, 0) is 47.6 Å². The first kappa shape index (κ1) is 11.7. The predicted molar refractivity (Wildman–Crippen MR) is 63.5 cm³/mol. The normalized spacial score (nSPS) is 12.6. The van der Waals surface area contributed by atoms with Crippen molar-refractivity contribution >= 4 is 22.6 Å². The van der Waals surface area contributed by atoms with Crippen LogP contribution < -0.4 is 4.74 Å². The summed E-state index contributed by atoms with van der Waals surface area (Å²) in [4.78, 5) is 4.22. The molecular formula is C10H14INO2. The van der Waals surface area contributed by atoms with Gasteiger partial charge < -0.3 is 9.84 Å². The van der Waals surface area contributed by atoms with E-state index in [1.807, 2.05) is 19.9 Å². The van der Waals surface area contributed by atoms with Crippen LogP contribution in [0.1, 0.15) is 30.6 Å². The quantitative estimate of drug-likeness (QED) is 0.689. The van der Waals surface area contributed by atoms with E-state index in [0.717, 1.165) is 14.8 Å². The Kier molecular flexibility index (Phi) is 4.12. The Bertz CT molecular complexity index is 328. The van der Waals surface area contributed by atoms with Gasteiger partial charge >= 0.3 is 0 Å². The molecule has 1 rings (SSSR count). The summed E-state index contributed by atoms with van der Waals surface area (Å²) in [6, 6.07) is 1.90. The Morgan fingerprint density at radius 2 is 2.29 bits per heavy atom. The lowest BCUT2D eigenvalue weighted by Crippen LogP contribution is -2.03. The summed E-state index contributed by atoms with van der Waals surface area (Å²) in [5, 5.41) is 9.77. The zero-order chi connectivity index (χ0) is 10.7. The second-order valence-electron chi connectivity index (χ2n) is 3.09. The van der Waals surface area contributed by atoms with E-state index in [9.17, 15) is 5.11 Å². The Balaban J connectivity index is 3.21. The lowest BCUT2D eigenvalue weighted by molar-refractivity contribution is 0.172. The van der Waals surface area contributed by atoms with Crippen molar-refractivity contribution in [1.29, 1.82) is 0 Å². The molecule has 0 aliphatic carbocycles. The van der Waals surface area contributed by atoms with E-state index < -0.39 is 6.10 Å². The molecule has 1 aromatic rings. The van der Waals surface area contributed by atoms with Crippen LogP contribution in [0.2, 0.25) is 0 Å². The topological polar surface area (TPSA) is 42.4 Å². The van der Waals surface area contributed by atoms with E-state index in [1.54, 1.807) is 7.11 Å². The van der Waals surface area contributed by atoms with Gasteiger partial charge in [0.05, 0.1) is 13.2 Å². The van der Waals surface area contributed by atoms with Gasteiger partial charge in [0.2, 0.25) is 5.88 Å². The first-order valence-corrected chi connectivity index (χ1v) is 5.57. The van der Waals surface area contributed by atoms with Gasteiger partial charge in [0.15, 0.2) is 0 Å². The highest BCUT2D eigenvalue weighted by atomic mass is 127. The average molecular weight is 307 g/mol. The van der Waals surface area contributed by atoms with Crippen molar-refractivity contribution in [2.75, 3.05) is 7.11 Å². The maximum Gasteiger partial charge on any atom is 0.217 e. The number of nitrogens with zero attached hydrogens (tertiary/aromatic N) is 1. The molecule has 14 heavy (non-hydrogen) atoms. The Morgan fingerprint density at radius 1 is 1.64 bits per heavy atom. The van der Waals surface area contributed by atoms with E-state index in [1.165, 1.54) is 0 Å². The molecule has 3 nitrogen and oxygen atoms in total. The van der Waals surface area contributed by atoms with Crippen molar-refractivity contribution in [3.05, 3.63) is 20.9 Å². The lowest BCUT2D eigenvalue weighted by atomic mass is 10.0. The van der Waals surface area contributed by atoms with E-state index in [0.29, 0.717) is 12.3 Å². The molecule has 1 aromatic heterocycles. The summed E-state index contributed by atoms with van der Waals surface area (Å²) in [7, 11) is 1.59. The molecule has 0 spiro atoms. The standard InChI is InChI=1S/C10H14INO2/c1-4-8(13)7-5-9(11)12-10(14-3)6(7)2/h5,8,13H,4H2,1-3H3.